The molecule has 0 unspecified atom stereocenters. The van der Waals surface area contributed by atoms with Gasteiger partial charge in [0, 0.05) is 0 Å². The lowest BCUT2D eigenvalue weighted by molar-refractivity contribution is -0.903. The Morgan fingerprint density at radius 2 is 1.85 bits per heavy atom. The number of ether oxygens (including phenoxy) is 2. The molecule has 1 atom stereocenters. The van der Waals surface area contributed by atoms with Gasteiger partial charge in [-0.1, -0.05) is 12.1 Å². The van der Waals surface area contributed by atoms with Crippen LogP contribution in [0.1, 0.15) is 5.56 Å². The highest BCUT2D eigenvalue weighted by atomic mass is 16.5. The van der Waals surface area contributed by atoms with Crippen molar-refractivity contribution in [1.29, 1.82) is 5.26 Å². The van der Waals surface area contributed by atoms with Crippen molar-refractivity contribution in [2.24, 2.45) is 0 Å². The zero-order valence-corrected chi connectivity index (χ0v) is 15.6. The number of rotatable bonds is 7. The van der Waals surface area contributed by atoms with Gasteiger partial charge in [0.2, 0.25) is 0 Å². The first-order valence-electron chi connectivity index (χ1n) is 9.22. The minimum Gasteiger partial charge on any atom is -0.495 e. The second kappa shape index (κ2) is 9.26. The van der Waals surface area contributed by atoms with Gasteiger partial charge in [0.15, 0.2) is 0 Å². The second-order valence-electron chi connectivity index (χ2n) is 6.71. The molecule has 0 aliphatic carbocycles. The van der Waals surface area contributed by atoms with Crippen LogP contribution in [0.15, 0.2) is 48.5 Å². The lowest BCUT2D eigenvalue weighted by Crippen LogP contribution is -3.16. The molecule has 0 saturated carbocycles. The molecule has 1 heterocycles. The number of nitrogens with zero attached hydrogens (tertiary/aromatic N) is 2. The molecule has 0 spiro atoms. The van der Waals surface area contributed by atoms with Gasteiger partial charge in [-0.3, -0.25) is 0 Å². The molecule has 1 aliphatic rings. The van der Waals surface area contributed by atoms with Crippen LogP contribution in [0.25, 0.3) is 0 Å². The number of nitriles is 1. The molecule has 0 radical (unpaired) electrons. The lowest BCUT2D eigenvalue weighted by Gasteiger charge is -2.35. The molecule has 2 aromatic carbocycles. The van der Waals surface area contributed by atoms with Gasteiger partial charge in [-0.2, -0.15) is 5.26 Å². The highest BCUT2D eigenvalue weighted by Crippen LogP contribution is 2.27. The predicted molar refractivity (Wildman–Crippen MR) is 103 cm³/mol. The van der Waals surface area contributed by atoms with Crippen LogP contribution in [0.4, 0.5) is 5.69 Å². The Morgan fingerprint density at radius 3 is 2.52 bits per heavy atom. The Hall–Kier alpha value is -2.75. The van der Waals surface area contributed by atoms with E-state index in [4.69, 9.17) is 14.7 Å². The molecule has 3 rings (SSSR count). The van der Waals surface area contributed by atoms with Crippen molar-refractivity contribution >= 4 is 5.69 Å². The Bertz CT molecular complexity index is 765. The van der Waals surface area contributed by atoms with Crippen LogP contribution in [0.3, 0.4) is 0 Å². The average Bonchev–Trinajstić information content (AvgIpc) is 2.73. The predicted octanol–water partition coefficient (Wildman–Crippen LogP) is 0.712. The smallest absolute Gasteiger partial charge is 0.142 e. The highest BCUT2D eigenvalue weighted by molar-refractivity contribution is 5.58. The van der Waals surface area contributed by atoms with E-state index in [9.17, 15) is 5.11 Å². The Kier molecular flexibility index (Phi) is 6.53. The number of aliphatic hydroxyl groups is 1. The van der Waals surface area contributed by atoms with Gasteiger partial charge < -0.3 is 24.4 Å². The van der Waals surface area contributed by atoms with E-state index in [1.807, 2.05) is 18.2 Å². The fourth-order valence-corrected chi connectivity index (χ4v) is 3.37. The molecule has 0 bridgehead atoms. The van der Waals surface area contributed by atoms with Gasteiger partial charge in [0.25, 0.3) is 0 Å². The lowest BCUT2D eigenvalue weighted by atomic mass is 10.2. The third-order valence-corrected chi connectivity index (χ3v) is 4.85. The number of methoxy groups -OCH3 is 1. The van der Waals surface area contributed by atoms with E-state index < -0.39 is 6.10 Å². The van der Waals surface area contributed by atoms with Crippen LogP contribution in [0.5, 0.6) is 11.5 Å². The van der Waals surface area contributed by atoms with Gasteiger partial charge in [0.05, 0.1) is 50.6 Å². The van der Waals surface area contributed by atoms with Gasteiger partial charge in [-0.25, -0.2) is 0 Å². The highest BCUT2D eigenvalue weighted by Gasteiger charge is 2.24. The fourth-order valence-electron chi connectivity index (χ4n) is 3.37. The molecule has 1 fully saturated rings. The van der Waals surface area contributed by atoms with E-state index in [2.05, 4.69) is 17.0 Å². The van der Waals surface area contributed by atoms with Crippen molar-refractivity contribution in [2.45, 2.75) is 6.10 Å². The zero-order valence-electron chi connectivity index (χ0n) is 15.6. The maximum absolute atomic E-state index is 10.3. The summed E-state index contributed by atoms with van der Waals surface area (Å²) in [5, 5.41) is 19.1. The molecule has 142 valence electrons. The minimum atomic E-state index is -0.520. The van der Waals surface area contributed by atoms with Crippen LogP contribution in [-0.4, -0.2) is 57.7 Å². The van der Waals surface area contributed by atoms with Crippen molar-refractivity contribution in [3.05, 3.63) is 54.1 Å². The molecule has 1 saturated heterocycles. The molecular formula is C21H26N3O3+. The molecule has 6 heteroatoms. The second-order valence-corrected chi connectivity index (χ2v) is 6.71. The van der Waals surface area contributed by atoms with Crippen molar-refractivity contribution < 1.29 is 19.5 Å². The van der Waals surface area contributed by atoms with Crippen molar-refractivity contribution in [2.75, 3.05) is 51.3 Å². The summed E-state index contributed by atoms with van der Waals surface area (Å²) in [4.78, 5) is 3.71. The maximum Gasteiger partial charge on any atom is 0.142 e. The van der Waals surface area contributed by atoms with Crippen LogP contribution in [0.2, 0.25) is 0 Å². The van der Waals surface area contributed by atoms with E-state index in [-0.39, 0.29) is 6.61 Å². The first-order chi connectivity index (χ1) is 13.2. The van der Waals surface area contributed by atoms with Crippen LogP contribution in [-0.2, 0) is 0 Å². The summed E-state index contributed by atoms with van der Waals surface area (Å²) < 4.78 is 11.1. The zero-order chi connectivity index (χ0) is 19.1. The average molecular weight is 368 g/mol. The topological polar surface area (TPSA) is 70.2 Å². The van der Waals surface area contributed by atoms with E-state index in [1.165, 1.54) is 4.90 Å². The molecule has 6 nitrogen and oxygen atoms in total. The van der Waals surface area contributed by atoms with Crippen LogP contribution in [0, 0.1) is 11.3 Å². The number of benzene rings is 2. The third kappa shape index (κ3) is 5.13. The summed E-state index contributed by atoms with van der Waals surface area (Å²) in [6.45, 7) is 4.71. The minimum absolute atomic E-state index is 0.256. The van der Waals surface area contributed by atoms with Crippen LogP contribution >= 0.6 is 0 Å². The molecular weight excluding hydrogens is 342 g/mol. The molecule has 1 aliphatic heterocycles. The molecule has 0 aromatic heterocycles. The molecule has 27 heavy (non-hydrogen) atoms. The van der Waals surface area contributed by atoms with Crippen molar-refractivity contribution in [1.82, 2.24) is 0 Å². The summed E-state index contributed by atoms with van der Waals surface area (Å²) in [7, 11) is 1.70. The number of aliphatic hydroxyl groups excluding tert-OH is 1. The van der Waals surface area contributed by atoms with Crippen molar-refractivity contribution in [3.63, 3.8) is 0 Å². The van der Waals surface area contributed by atoms with Gasteiger partial charge in [0.1, 0.15) is 30.8 Å². The number of para-hydroxylation sites is 2. The maximum atomic E-state index is 10.3. The van der Waals surface area contributed by atoms with Crippen LogP contribution < -0.4 is 19.3 Å². The molecule has 2 N–H and O–H groups in total. The molecule has 0 amide bonds. The van der Waals surface area contributed by atoms with E-state index >= 15 is 0 Å². The first-order valence-corrected chi connectivity index (χ1v) is 9.22. The third-order valence-electron chi connectivity index (χ3n) is 4.85. The number of quaternary nitrogens is 1. The summed E-state index contributed by atoms with van der Waals surface area (Å²) in [6.07, 6.45) is -0.520. The SMILES string of the molecule is COc1ccccc1N1CC[NH+](C[C@H](O)COc2ccc(C#N)cc2)CC1. The van der Waals surface area contributed by atoms with Crippen molar-refractivity contribution in [3.8, 4) is 17.6 Å². The number of anilines is 1. The number of piperazine rings is 1. The van der Waals surface area contributed by atoms with Gasteiger partial charge >= 0.3 is 0 Å². The van der Waals surface area contributed by atoms with E-state index in [0.29, 0.717) is 17.9 Å². The number of hydrogen-bond acceptors (Lipinski definition) is 5. The first kappa shape index (κ1) is 19.0. The summed E-state index contributed by atoms with van der Waals surface area (Å²) >= 11 is 0. The number of hydrogen-bond donors (Lipinski definition) is 2. The van der Waals surface area contributed by atoms with E-state index in [0.717, 1.165) is 37.6 Å². The fraction of sp³-hybridized carbons (Fsp3) is 0.381. The Morgan fingerprint density at radius 1 is 1.15 bits per heavy atom. The standard InChI is InChI=1S/C21H25N3O3/c1-26-21-5-3-2-4-20(21)24-12-10-23(11-13-24)15-18(25)16-27-19-8-6-17(14-22)7-9-19/h2-9,18,25H,10-13,15-16H2,1H3/p+1/t18-/m0/s1. The Labute approximate surface area is 160 Å². The van der Waals surface area contributed by atoms with Gasteiger partial charge in [-0.15, -0.1) is 0 Å². The van der Waals surface area contributed by atoms with Gasteiger partial charge in [-0.05, 0) is 36.4 Å². The summed E-state index contributed by atoms with van der Waals surface area (Å²) in [6, 6.07) is 17.1. The van der Waals surface area contributed by atoms with E-state index in [1.54, 1.807) is 31.4 Å². The molecule has 2 aromatic rings. The quantitative estimate of drug-likeness (QED) is 0.753. The number of nitrogens with one attached hydrogen (secondary N) is 1. The largest absolute Gasteiger partial charge is 0.495 e. The normalized spacial score (nSPS) is 15.8. The monoisotopic (exact) mass is 368 g/mol. The summed E-state index contributed by atoms with van der Waals surface area (Å²) in [5.41, 5.74) is 1.73. The Balaban J connectivity index is 1.43. The summed E-state index contributed by atoms with van der Waals surface area (Å²) in [5.74, 6) is 1.57.